The Labute approximate surface area is 119 Å². The van der Waals surface area contributed by atoms with Gasteiger partial charge in [0.25, 0.3) is 0 Å². The Morgan fingerprint density at radius 2 is 1.95 bits per heavy atom. The zero-order valence-electron chi connectivity index (χ0n) is 11.5. The zero-order valence-corrected chi connectivity index (χ0v) is 11.5. The summed E-state index contributed by atoms with van der Waals surface area (Å²) in [6.45, 7) is 2.73. The van der Waals surface area contributed by atoms with Gasteiger partial charge < -0.3 is 20.6 Å². The van der Waals surface area contributed by atoms with Crippen molar-refractivity contribution in [2.75, 3.05) is 29.9 Å². The molecule has 108 valence electrons. The van der Waals surface area contributed by atoms with Gasteiger partial charge >= 0.3 is 0 Å². The van der Waals surface area contributed by atoms with E-state index >= 15 is 0 Å². The van der Waals surface area contributed by atoms with Gasteiger partial charge in [-0.1, -0.05) is 0 Å². The van der Waals surface area contributed by atoms with E-state index < -0.39 is 6.10 Å². The Bertz CT molecular complexity index is 469. The summed E-state index contributed by atoms with van der Waals surface area (Å²) in [4.78, 5) is 14.4. The van der Waals surface area contributed by atoms with Gasteiger partial charge in [0.15, 0.2) is 0 Å². The molecule has 2 fully saturated rings. The monoisotopic (exact) mass is 275 g/mol. The summed E-state index contributed by atoms with van der Waals surface area (Å²) in [5, 5.41) is 15.3. The van der Waals surface area contributed by atoms with Crippen LogP contribution >= 0.6 is 0 Å². The number of nitrogens with zero attached hydrogens (tertiary/aromatic N) is 1. The van der Waals surface area contributed by atoms with Crippen molar-refractivity contribution in [1.29, 1.82) is 0 Å². The SMILES string of the molecule is O=C(Nc1ccc(N2CCCC2)cc1)C1CC(O)CN1. The molecular weight excluding hydrogens is 254 g/mol. The van der Waals surface area contributed by atoms with E-state index in [2.05, 4.69) is 27.7 Å². The largest absolute Gasteiger partial charge is 0.392 e. The lowest BCUT2D eigenvalue weighted by atomic mass is 10.2. The number of aliphatic hydroxyl groups excluding tert-OH is 1. The normalized spacial score (nSPS) is 25.9. The van der Waals surface area contributed by atoms with Gasteiger partial charge in [0.1, 0.15) is 0 Å². The van der Waals surface area contributed by atoms with Crippen LogP contribution in [0, 0.1) is 0 Å². The zero-order chi connectivity index (χ0) is 13.9. The molecule has 1 aromatic carbocycles. The van der Waals surface area contributed by atoms with Crippen molar-refractivity contribution >= 4 is 17.3 Å². The predicted octanol–water partition coefficient (Wildman–Crippen LogP) is 0.948. The van der Waals surface area contributed by atoms with Gasteiger partial charge in [-0.3, -0.25) is 4.79 Å². The molecule has 1 aromatic rings. The van der Waals surface area contributed by atoms with Crippen molar-refractivity contribution in [2.24, 2.45) is 0 Å². The van der Waals surface area contributed by atoms with Gasteiger partial charge in [0.05, 0.1) is 12.1 Å². The van der Waals surface area contributed by atoms with E-state index in [0.29, 0.717) is 13.0 Å². The van der Waals surface area contributed by atoms with Gasteiger partial charge in [0, 0.05) is 31.0 Å². The van der Waals surface area contributed by atoms with Crippen molar-refractivity contribution in [3.63, 3.8) is 0 Å². The van der Waals surface area contributed by atoms with E-state index in [1.54, 1.807) is 0 Å². The highest BCUT2D eigenvalue weighted by Crippen LogP contribution is 2.22. The number of nitrogens with one attached hydrogen (secondary N) is 2. The Kier molecular flexibility index (Phi) is 3.89. The standard InChI is InChI=1S/C15H21N3O2/c19-13-9-14(16-10-13)15(20)17-11-3-5-12(6-4-11)18-7-1-2-8-18/h3-6,13-14,16,19H,1-2,7-10H2,(H,17,20). The third kappa shape index (κ3) is 2.94. The maximum Gasteiger partial charge on any atom is 0.241 e. The number of carbonyl (C=O) groups is 1. The van der Waals surface area contributed by atoms with E-state index in [-0.39, 0.29) is 11.9 Å². The minimum absolute atomic E-state index is 0.0736. The van der Waals surface area contributed by atoms with Crippen LogP contribution in [0.3, 0.4) is 0 Å². The summed E-state index contributed by atoms with van der Waals surface area (Å²) in [5.74, 6) is -0.0736. The number of hydrogen-bond donors (Lipinski definition) is 3. The minimum Gasteiger partial charge on any atom is -0.392 e. The van der Waals surface area contributed by atoms with Gasteiger partial charge in [-0.25, -0.2) is 0 Å². The molecule has 0 aliphatic carbocycles. The van der Waals surface area contributed by atoms with E-state index in [0.717, 1.165) is 18.8 Å². The van der Waals surface area contributed by atoms with Crippen molar-refractivity contribution in [1.82, 2.24) is 5.32 Å². The summed E-state index contributed by atoms with van der Waals surface area (Å²) in [7, 11) is 0. The number of rotatable bonds is 3. The second-order valence-corrected chi connectivity index (χ2v) is 5.58. The Morgan fingerprint density at radius 1 is 1.25 bits per heavy atom. The van der Waals surface area contributed by atoms with Gasteiger partial charge in [-0.05, 0) is 43.5 Å². The van der Waals surface area contributed by atoms with Crippen LogP contribution in [-0.4, -0.2) is 42.8 Å². The molecule has 20 heavy (non-hydrogen) atoms. The molecule has 0 bridgehead atoms. The van der Waals surface area contributed by atoms with Crippen LogP contribution in [0.15, 0.2) is 24.3 Å². The highest BCUT2D eigenvalue weighted by molar-refractivity contribution is 5.95. The smallest absolute Gasteiger partial charge is 0.241 e. The summed E-state index contributed by atoms with van der Waals surface area (Å²) >= 11 is 0. The number of carbonyl (C=O) groups excluding carboxylic acids is 1. The lowest BCUT2D eigenvalue weighted by Crippen LogP contribution is -2.35. The number of β-amino-alcohol motifs (C(OH)–C–C–N with tert-alkyl or cyclic N) is 1. The second kappa shape index (κ2) is 5.81. The van der Waals surface area contributed by atoms with Crippen LogP contribution in [0.5, 0.6) is 0 Å². The van der Waals surface area contributed by atoms with E-state index in [1.165, 1.54) is 18.5 Å². The fourth-order valence-electron chi connectivity index (χ4n) is 2.88. The fraction of sp³-hybridized carbons (Fsp3) is 0.533. The Morgan fingerprint density at radius 3 is 2.55 bits per heavy atom. The van der Waals surface area contributed by atoms with Crippen LogP contribution in [0.25, 0.3) is 0 Å². The number of amides is 1. The molecule has 2 saturated heterocycles. The molecule has 1 amide bonds. The molecule has 2 aliphatic heterocycles. The first kappa shape index (κ1) is 13.4. The molecule has 5 nitrogen and oxygen atoms in total. The third-order valence-corrected chi connectivity index (χ3v) is 4.03. The topological polar surface area (TPSA) is 64.6 Å². The van der Waals surface area contributed by atoms with Gasteiger partial charge in [-0.15, -0.1) is 0 Å². The van der Waals surface area contributed by atoms with E-state index in [9.17, 15) is 9.90 Å². The molecule has 2 atom stereocenters. The first-order valence-corrected chi connectivity index (χ1v) is 7.30. The molecule has 2 unspecified atom stereocenters. The minimum atomic E-state index is -0.414. The van der Waals surface area contributed by atoms with Gasteiger partial charge in [-0.2, -0.15) is 0 Å². The third-order valence-electron chi connectivity index (χ3n) is 4.03. The highest BCUT2D eigenvalue weighted by atomic mass is 16.3. The van der Waals surface area contributed by atoms with Crippen LogP contribution in [0.2, 0.25) is 0 Å². The molecule has 0 aromatic heterocycles. The molecular formula is C15H21N3O2. The van der Waals surface area contributed by atoms with Crippen molar-refractivity contribution < 1.29 is 9.90 Å². The Hall–Kier alpha value is -1.59. The number of benzene rings is 1. The molecule has 2 heterocycles. The van der Waals surface area contributed by atoms with Gasteiger partial charge in [0.2, 0.25) is 5.91 Å². The van der Waals surface area contributed by atoms with Crippen molar-refractivity contribution in [3.8, 4) is 0 Å². The Balaban J connectivity index is 1.58. The van der Waals surface area contributed by atoms with Crippen LogP contribution in [0.1, 0.15) is 19.3 Å². The predicted molar refractivity (Wildman–Crippen MR) is 78.9 cm³/mol. The van der Waals surface area contributed by atoms with Crippen molar-refractivity contribution in [2.45, 2.75) is 31.4 Å². The molecule has 3 N–H and O–H groups in total. The summed E-state index contributed by atoms with van der Waals surface area (Å²) in [6.07, 6.45) is 2.59. The first-order valence-electron chi connectivity index (χ1n) is 7.30. The van der Waals surface area contributed by atoms with Crippen LogP contribution in [-0.2, 0) is 4.79 Å². The number of aliphatic hydroxyl groups is 1. The second-order valence-electron chi connectivity index (χ2n) is 5.58. The molecule has 0 spiro atoms. The quantitative estimate of drug-likeness (QED) is 0.768. The highest BCUT2D eigenvalue weighted by Gasteiger charge is 2.27. The van der Waals surface area contributed by atoms with Crippen LogP contribution in [0.4, 0.5) is 11.4 Å². The van der Waals surface area contributed by atoms with E-state index in [1.807, 2.05) is 12.1 Å². The average Bonchev–Trinajstić information content (AvgIpc) is 3.10. The maximum absolute atomic E-state index is 12.0. The summed E-state index contributed by atoms with van der Waals surface area (Å²) < 4.78 is 0. The molecule has 0 radical (unpaired) electrons. The fourth-order valence-corrected chi connectivity index (χ4v) is 2.88. The van der Waals surface area contributed by atoms with Crippen molar-refractivity contribution in [3.05, 3.63) is 24.3 Å². The number of anilines is 2. The average molecular weight is 275 g/mol. The maximum atomic E-state index is 12.0. The van der Waals surface area contributed by atoms with Crippen LogP contribution < -0.4 is 15.5 Å². The summed E-state index contributed by atoms with van der Waals surface area (Å²) in [5.41, 5.74) is 2.02. The molecule has 5 heteroatoms. The lowest BCUT2D eigenvalue weighted by Gasteiger charge is -2.18. The molecule has 3 rings (SSSR count). The summed E-state index contributed by atoms with van der Waals surface area (Å²) in [6, 6.07) is 7.70. The first-order chi connectivity index (χ1) is 9.72. The van der Waals surface area contributed by atoms with E-state index in [4.69, 9.17) is 0 Å². The molecule has 0 saturated carbocycles. The molecule has 2 aliphatic rings. The number of hydrogen-bond acceptors (Lipinski definition) is 4. The lowest BCUT2D eigenvalue weighted by molar-refractivity contribution is -0.117.